The van der Waals surface area contributed by atoms with E-state index in [1.54, 1.807) is 12.2 Å². The number of carbonyl (C=O) groups excluding carboxylic acids is 1. The summed E-state index contributed by atoms with van der Waals surface area (Å²) in [5.74, 6) is -0.546. The van der Waals surface area contributed by atoms with Crippen molar-refractivity contribution in [2.75, 3.05) is 12.9 Å². The van der Waals surface area contributed by atoms with Gasteiger partial charge in [-0.2, -0.15) is 0 Å². The van der Waals surface area contributed by atoms with Crippen LogP contribution >= 0.6 is 0 Å². The molecular formula is C14H16O4S. The van der Waals surface area contributed by atoms with E-state index >= 15 is 0 Å². The van der Waals surface area contributed by atoms with E-state index in [9.17, 15) is 13.2 Å². The maximum atomic E-state index is 11.7. The summed E-state index contributed by atoms with van der Waals surface area (Å²) in [6.45, 7) is 2.03. The lowest BCUT2D eigenvalue weighted by atomic mass is 10.2. The van der Waals surface area contributed by atoms with Crippen molar-refractivity contribution >= 4 is 15.8 Å². The quantitative estimate of drug-likeness (QED) is 0.613. The Morgan fingerprint density at radius 3 is 2.68 bits per heavy atom. The lowest BCUT2D eigenvalue weighted by molar-refractivity contribution is 0.0549. The third-order valence-electron chi connectivity index (χ3n) is 2.25. The first kappa shape index (κ1) is 15.2. The zero-order chi connectivity index (χ0) is 14.3. The number of ether oxygens (including phenoxy) is 1. The Kier molecular flexibility index (Phi) is 5.51. The Morgan fingerprint density at radius 2 is 2.05 bits per heavy atom. The Labute approximate surface area is 113 Å². The van der Waals surface area contributed by atoms with Crippen LogP contribution in [0.25, 0.3) is 0 Å². The minimum atomic E-state index is -3.32. The molecule has 0 unspecified atom stereocenters. The predicted octanol–water partition coefficient (Wildman–Crippen LogP) is 2.38. The second-order valence-electron chi connectivity index (χ2n) is 3.85. The highest BCUT2D eigenvalue weighted by atomic mass is 32.2. The van der Waals surface area contributed by atoms with Crippen molar-refractivity contribution in [3.8, 4) is 0 Å². The zero-order valence-electron chi connectivity index (χ0n) is 10.9. The molecule has 1 aromatic carbocycles. The van der Waals surface area contributed by atoms with E-state index in [1.807, 2.05) is 19.1 Å². The second kappa shape index (κ2) is 6.89. The van der Waals surface area contributed by atoms with E-state index in [4.69, 9.17) is 4.74 Å². The molecular weight excluding hydrogens is 264 g/mol. The van der Waals surface area contributed by atoms with Crippen LogP contribution in [0.2, 0.25) is 0 Å². The second-order valence-corrected chi connectivity index (χ2v) is 5.87. The molecule has 0 atom stereocenters. The molecule has 0 aliphatic rings. The van der Waals surface area contributed by atoms with Gasteiger partial charge in [-0.15, -0.1) is 0 Å². The van der Waals surface area contributed by atoms with Crippen molar-refractivity contribution in [1.82, 2.24) is 0 Å². The molecule has 0 amide bonds. The van der Waals surface area contributed by atoms with E-state index in [1.165, 1.54) is 24.3 Å². The molecule has 0 aliphatic carbocycles. The number of carbonyl (C=O) groups is 1. The van der Waals surface area contributed by atoms with Gasteiger partial charge in [-0.3, -0.25) is 0 Å². The molecule has 1 aromatic rings. The minimum Gasteiger partial charge on any atom is -0.458 e. The fourth-order valence-corrected chi connectivity index (χ4v) is 1.97. The third-order valence-corrected chi connectivity index (χ3v) is 3.36. The van der Waals surface area contributed by atoms with E-state index in [0.29, 0.717) is 0 Å². The van der Waals surface area contributed by atoms with Crippen molar-refractivity contribution < 1.29 is 17.9 Å². The maximum absolute atomic E-state index is 11.7. The van der Waals surface area contributed by atoms with Crippen LogP contribution in [0.5, 0.6) is 0 Å². The van der Waals surface area contributed by atoms with E-state index in [-0.39, 0.29) is 17.1 Å². The average molecular weight is 280 g/mol. The van der Waals surface area contributed by atoms with Crippen LogP contribution in [0.1, 0.15) is 17.3 Å². The highest BCUT2D eigenvalue weighted by Gasteiger charge is 2.11. The molecule has 0 radical (unpaired) electrons. The van der Waals surface area contributed by atoms with Crippen molar-refractivity contribution in [3.05, 3.63) is 54.1 Å². The molecule has 0 fully saturated rings. The molecule has 0 saturated carbocycles. The molecule has 102 valence electrons. The average Bonchev–Trinajstić information content (AvgIpc) is 2.37. The van der Waals surface area contributed by atoms with Gasteiger partial charge in [0.1, 0.15) is 6.61 Å². The molecule has 0 spiro atoms. The van der Waals surface area contributed by atoms with Gasteiger partial charge in [0.05, 0.1) is 10.5 Å². The minimum absolute atomic E-state index is 0.103. The Bertz CT molecular complexity index is 598. The van der Waals surface area contributed by atoms with E-state index in [2.05, 4.69) is 0 Å². The first-order valence-electron chi connectivity index (χ1n) is 5.70. The molecule has 0 N–H and O–H groups in total. The van der Waals surface area contributed by atoms with Crippen LogP contribution < -0.4 is 0 Å². The van der Waals surface area contributed by atoms with Gasteiger partial charge in [-0.1, -0.05) is 24.3 Å². The van der Waals surface area contributed by atoms with Gasteiger partial charge in [-0.05, 0) is 31.2 Å². The van der Waals surface area contributed by atoms with Gasteiger partial charge >= 0.3 is 5.97 Å². The molecule has 4 nitrogen and oxygen atoms in total. The van der Waals surface area contributed by atoms with Crippen LogP contribution in [-0.4, -0.2) is 27.2 Å². The number of rotatable bonds is 5. The molecule has 0 aliphatic heterocycles. The smallest absolute Gasteiger partial charge is 0.338 e. The number of sulfone groups is 1. The standard InChI is InChI=1S/C14H16O4S/c1-3-4-5-6-10-18-14(15)12-8-7-9-13(11-12)19(2,16)17/h3-9,11H,10H2,1-2H3. The summed E-state index contributed by atoms with van der Waals surface area (Å²) in [4.78, 5) is 11.8. The van der Waals surface area contributed by atoms with Crippen LogP contribution in [0.15, 0.2) is 53.5 Å². The number of hydrogen-bond acceptors (Lipinski definition) is 4. The molecule has 0 heterocycles. The summed E-state index contributed by atoms with van der Waals surface area (Å²) in [5, 5.41) is 0. The highest BCUT2D eigenvalue weighted by molar-refractivity contribution is 7.90. The fourth-order valence-electron chi connectivity index (χ4n) is 1.31. The van der Waals surface area contributed by atoms with Crippen LogP contribution in [-0.2, 0) is 14.6 Å². The maximum Gasteiger partial charge on any atom is 0.338 e. The summed E-state index contributed by atoms with van der Waals surface area (Å²) in [6.07, 6.45) is 8.22. The lowest BCUT2D eigenvalue weighted by Gasteiger charge is -2.03. The number of allylic oxidation sites excluding steroid dienone is 3. The number of esters is 1. The van der Waals surface area contributed by atoms with Crippen LogP contribution in [0, 0.1) is 0 Å². The number of benzene rings is 1. The molecule has 0 saturated heterocycles. The predicted molar refractivity (Wildman–Crippen MR) is 73.8 cm³/mol. The van der Waals surface area contributed by atoms with Gasteiger partial charge in [0.15, 0.2) is 9.84 Å². The van der Waals surface area contributed by atoms with E-state index < -0.39 is 15.8 Å². The van der Waals surface area contributed by atoms with Crippen LogP contribution in [0.4, 0.5) is 0 Å². The van der Waals surface area contributed by atoms with Gasteiger partial charge in [-0.25, -0.2) is 13.2 Å². The number of hydrogen-bond donors (Lipinski definition) is 0. The first-order valence-corrected chi connectivity index (χ1v) is 7.59. The summed E-state index contributed by atoms with van der Waals surface area (Å²) in [6, 6.07) is 5.79. The van der Waals surface area contributed by atoms with Gasteiger partial charge in [0.2, 0.25) is 0 Å². The third kappa shape index (κ3) is 5.09. The molecule has 0 aromatic heterocycles. The van der Waals surface area contributed by atoms with Crippen molar-refractivity contribution in [3.63, 3.8) is 0 Å². The topological polar surface area (TPSA) is 60.4 Å². The monoisotopic (exact) mass is 280 g/mol. The lowest BCUT2D eigenvalue weighted by Crippen LogP contribution is -2.06. The molecule has 5 heteroatoms. The fraction of sp³-hybridized carbons (Fsp3) is 0.214. The van der Waals surface area contributed by atoms with Gasteiger partial charge in [0, 0.05) is 6.26 Å². The largest absolute Gasteiger partial charge is 0.458 e. The normalized spacial score (nSPS) is 12.1. The molecule has 19 heavy (non-hydrogen) atoms. The van der Waals surface area contributed by atoms with Crippen molar-refractivity contribution in [2.45, 2.75) is 11.8 Å². The highest BCUT2D eigenvalue weighted by Crippen LogP contribution is 2.12. The van der Waals surface area contributed by atoms with Gasteiger partial charge in [0.25, 0.3) is 0 Å². The van der Waals surface area contributed by atoms with Gasteiger partial charge < -0.3 is 4.74 Å². The zero-order valence-corrected chi connectivity index (χ0v) is 11.7. The van der Waals surface area contributed by atoms with E-state index in [0.717, 1.165) is 6.26 Å². The van der Waals surface area contributed by atoms with Crippen LogP contribution in [0.3, 0.4) is 0 Å². The Balaban J connectivity index is 2.73. The Hall–Kier alpha value is -1.88. The molecule has 1 rings (SSSR count). The summed E-state index contributed by atoms with van der Waals surface area (Å²) in [5.41, 5.74) is 0.224. The summed E-state index contributed by atoms with van der Waals surface area (Å²) >= 11 is 0. The first-order chi connectivity index (χ1) is 8.95. The van der Waals surface area contributed by atoms with Crippen molar-refractivity contribution in [1.29, 1.82) is 0 Å². The summed E-state index contributed by atoms with van der Waals surface area (Å²) in [7, 11) is -3.32. The van der Waals surface area contributed by atoms with Crippen molar-refractivity contribution in [2.24, 2.45) is 0 Å². The molecule has 0 bridgehead atoms. The summed E-state index contributed by atoms with van der Waals surface area (Å²) < 4.78 is 27.7. The SMILES string of the molecule is CC=CC=CCOC(=O)c1cccc(S(C)(=O)=O)c1. The Morgan fingerprint density at radius 1 is 1.32 bits per heavy atom.